The lowest BCUT2D eigenvalue weighted by Gasteiger charge is -2.08. The summed E-state index contributed by atoms with van der Waals surface area (Å²) >= 11 is 0. The van der Waals surface area contributed by atoms with Crippen LogP contribution in [0.5, 0.6) is 11.5 Å². The Morgan fingerprint density at radius 2 is 1.85 bits per heavy atom. The van der Waals surface area contributed by atoms with Crippen LogP contribution in [0.15, 0.2) is 12.1 Å². The normalized spacial score (nSPS) is 10.1. The van der Waals surface area contributed by atoms with Gasteiger partial charge in [0.25, 0.3) is 0 Å². The van der Waals surface area contributed by atoms with Crippen molar-refractivity contribution in [2.24, 2.45) is 5.73 Å². The van der Waals surface area contributed by atoms with Crippen LogP contribution in [0.3, 0.4) is 0 Å². The number of nitrogens with two attached hydrogens (primary N) is 1. The van der Waals surface area contributed by atoms with Gasteiger partial charge < -0.3 is 15.6 Å². The van der Waals surface area contributed by atoms with Crippen molar-refractivity contribution in [2.45, 2.75) is 13.8 Å². The highest BCUT2D eigenvalue weighted by atomic mass is 16.5. The predicted octanol–water partition coefficient (Wildman–Crippen LogP) is 1.35. The Kier molecular flexibility index (Phi) is 3.14. The average Bonchev–Trinajstić information content (AvgIpc) is 2.10. The van der Waals surface area contributed by atoms with Crippen LogP contribution in [0.4, 0.5) is 0 Å². The van der Waals surface area contributed by atoms with Crippen LogP contribution < -0.4 is 10.5 Å². The molecular formula is C10H15NO2. The Morgan fingerprint density at radius 1 is 1.31 bits per heavy atom. The van der Waals surface area contributed by atoms with E-state index in [-0.39, 0.29) is 0 Å². The fraction of sp³-hybridized carbons (Fsp3) is 0.400. The van der Waals surface area contributed by atoms with Crippen LogP contribution >= 0.6 is 0 Å². The number of ether oxygens (including phenoxy) is 1. The number of rotatable bonds is 3. The highest BCUT2D eigenvalue weighted by molar-refractivity contribution is 5.44. The minimum atomic E-state index is 0.333. The molecule has 0 atom stereocenters. The van der Waals surface area contributed by atoms with Gasteiger partial charge in [-0.2, -0.15) is 0 Å². The topological polar surface area (TPSA) is 55.5 Å². The van der Waals surface area contributed by atoms with Gasteiger partial charge in [0, 0.05) is 6.54 Å². The maximum absolute atomic E-state index is 9.48. The molecule has 0 saturated carbocycles. The maximum atomic E-state index is 9.48. The summed E-state index contributed by atoms with van der Waals surface area (Å²) in [7, 11) is 0. The summed E-state index contributed by atoms with van der Waals surface area (Å²) < 4.78 is 5.34. The van der Waals surface area contributed by atoms with E-state index in [1.165, 1.54) is 0 Å². The maximum Gasteiger partial charge on any atom is 0.121 e. The molecule has 0 amide bonds. The Bertz CT molecular complexity index is 274. The molecule has 1 aromatic carbocycles. The molecule has 13 heavy (non-hydrogen) atoms. The van der Waals surface area contributed by atoms with Gasteiger partial charge in [-0.25, -0.2) is 0 Å². The Hall–Kier alpha value is -1.22. The summed E-state index contributed by atoms with van der Waals surface area (Å²) in [5, 5.41) is 9.48. The van der Waals surface area contributed by atoms with Crippen molar-refractivity contribution < 1.29 is 9.84 Å². The van der Waals surface area contributed by atoms with E-state index < -0.39 is 0 Å². The Labute approximate surface area is 78.1 Å². The van der Waals surface area contributed by atoms with E-state index in [4.69, 9.17) is 10.5 Å². The van der Waals surface area contributed by atoms with Crippen molar-refractivity contribution in [3.63, 3.8) is 0 Å². The molecule has 0 saturated heterocycles. The van der Waals surface area contributed by atoms with Gasteiger partial charge in [0.1, 0.15) is 18.1 Å². The van der Waals surface area contributed by atoms with Gasteiger partial charge >= 0.3 is 0 Å². The first-order valence-corrected chi connectivity index (χ1v) is 4.28. The molecule has 1 aromatic rings. The number of phenolic OH excluding ortho intramolecular Hbond substituents is 1. The lowest BCUT2D eigenvalue weighted by atomic mass is 10.1. The number of phenols is 1. The number of aromatic hydroxyl groups is 1. The van der Waals surface area contributed by atoms with Crippen LogP contribution in [0, 0.1) is 13.8 Å². The molecule has 3 nitrogen and oxygen atoms in total. The van der Waals surface area contributed by atoms with Crippen molar-refractivity contribution in [2.75, 3.05) is 13.2 Å². The third kappa shape index (κ3) is 2.36. The van der Waals surface area contributed by atoms with Crippen molar-refractivity contribution in [3.05, 3.63) is 23.3 Å². The molecule has 0 aliphatic carbocycles. The molecule has 3 heteroatoms. The first-order chi connectivity index (χ1) is 6.15. The fourth-order valence-electron chi connectivity index (χ4n) is 1.18. The number of benzene rings is 1. The molecule has 1 rings (SSSR count). The van der Waals surface area contributed by atoms with Crippen LogP contribution in [-0.4, -0.2) is 18.3 Å². The Balaban J connectivity index is 2.86. The van der Waals surface area contributed by atoms with Crippen LogP contribution in [-0.2, 0) is 0 Å². The number of hydrogen-bond donors (Lipinski definition) is 2. The van der Waals surface area contributed by atoms with E-state index in [1.807, 2.05) is 13.8 Å². The molecule has 0 spiro atoms. The minimum Gasteiger partial charge on any atom is -0.507 e. The summed E-state index contributed by atoms with van der Waals surface area (Å²) in [5.41, 5.74) is 6.96. The summed E-state index contributed by atoms with van der Waals surface area (Å²) in [6.07, 6.45) is 0. The zero-order chi connectivity index (χ0) is 9.84. The van der Waals surface area contributed by atoms with E-state index in [9.17, 15) is 5.11 Å². The molecule has 0 unspecified atom stereocenters. The SMILES string of the molecule is Cc1cc(OCCN)cc(C)c1O. The first-order valence-electron chi connectivity index (χ1n) is 4.28. The van der Waals surface area contributed by atoms with Crippen LogP contribution in [0.25, 0.3) is 0 Å². The lowest BCUT2D eigenvalue weighted by molar-refractivity contribution is 0.327. The van der Waals surface area contributed by atoms with E-state index in [0.29, 0.717) is 18.9 Å². The Morgan fingerprint density at radius 3 is 2.31 bits per heavy atom. The van der Waals surface area contributed by atoms with Gasteiger partial charge in [-0.1, -0.05) is 0 Å². The summed E-state index contributed by atoms with van der Waals surface area (Å²) in [6.45, 7) is 4.69. The van der Waals surface area contributed by atoms with Crippen LogP contribution in [0.1, 0.15) is 11.1 Å². The summed E-state index contributed by atoms with van der Waals surface area (Å²) in [4.78, 5) is 0. The number of aryl methyl sites for hydroxylation is 2. The third-order valence-electron chi connectivity index (χ3n) is 1.85. The fourth-order valence-corrected chi connectivity index (χ4v) is 1.18. The van der Waals surface area contributed by atoms with E-state index in [2.05, 4.69) is 0 Å². The molecule has 3 N–H and O–H groups in total. The highest BCUT2D eigenvalue weighted by Gasteiger charge is 2.03. The van der Waals surface area contributed by atoms with E-state index >= 15 is 0 Å². The van der Waals surface area contributed by atoms with Crippen molar-refractivity contribution in [1.82, 2.24) is 0 Å². The van der Waals surface area contributed by atoms with Gasteiger partial charge in [-0.15, -0.1) is 0 Å². The molecule has 0 aromatic heterocycles. The zero-order valence-electron chi connectivity index (χ0n) is 8.00. The lowest BCUT2D eigenvalue weighted by Crippen LogP contribution is -2.10. The average molecular weight is 181 g/mol. The quantitative estimate of drug-likeness (QED) is 0.740. The van der Waals surface area contributed by atoms with Crippen LogP contribution in [0.2, 0.25) is 0 Å². The second kappa shape index (κ2) is 4.14. The monoisotopic (exact) mass is 181 g/mol. The largest absolute Gasteiger partial charge is 0.507 e. The third-order valence-corrected chi connectivity index (χ3v) is 1.85. The molecule has 0 heterocycles. The minimum absolute atomic E-state index is 0.333. The zero-order valence-corrected chi connectivity index (χ0v) is 8.00. The van der Waals surface area contributed by atoms with Gasteiger partial charge in [-0.05, 0) is 37.1 Å². The molecular weight excluding hydrogens is 166 g/mol. The summed E-state index contributed by atoms with van der Waals surface area (Å²) in [6, 6.07) is 3.61. The van der Waals surface area contributed by atoms with Crippen molar-refractivity contribution in [3.8, 4) is 11.5 Å². The van der Waals surface area contributed by atoms with E-state index in [1.54, 1.807) is 12.1 Å². The molecule has 0 radical (unpaired) electrons. The molecule has 0 bridgehead atoms. The van der Waals surface area contributed by atoms with Gasteiger partial charge in [-0.3, -0.25) is 0 Å². The number of hydrogen-bond acceptors (Lipinski definition) is 3. The molecule has 0 aliphatic rings. The first kappa shape index (κ1) is 9.86. The summed E-state index contributed by atoms with van der Waals surface area (Å²) in [5.74, 6) is 1.10. The smallest absolute Gasteiger partial charge is 0.121 e. The second-order valence-electron chi connectivity index (χ2n) is 3.04. The van der Waals surface area contributed by atoms with Gasteiger partial charge in [0.2, 0.25) is 0 Å². The molecule has 0 aliphatic heterocycles. The van der Waals surface area contributed by atoms with E-state index in [0.717, 1.165) is 16.9 Å². The standard InChI is InChI=1S/C10H15NO2/c1-7-5-9(13-4-3-11)6-8(2)10(7)12/h5-6,12H,3-4,11H2,1-2H3. The van der Waals surface area contributed by atoms with Crippen molar-refractivity contribution in [1.29, 1.82) is 0 Å². The highest BCUT2D eigenvalue weighted by Crippen LogP contribution is 2.26. The van der Waals surface area contributed by atoms with Gasteiger partial charge in [0.15, 0.2) is 0 Å². The molecule has 0 fully saturated rings. The second-order valence-corrected chi connectivity index (χ2v) is 3.04. The molecule has 72 valence electrons. The predicted molar refractivity (Wildman–Crippen MR) is 52.1 cm³/mol. The van der Waals surface area contributed by atoms with Crippen molar-refractivity contribution >= 4 is 0 Å². The van der Waals surface area contributed by atoms with Gasteiger partial charge in [0.05, 0.1) is 0 Å².